The zero-order chi connectivity index (χ0) is 29.2. The number of carbonyl (C=O) groups is 3. The Morgan fingerprint density at radius 3 is 2.42 bits per heavy atom. The molecule has 4 unspecified atom stereocenters. The Hall–Kier alpha value is -3.50. The highest BCUT2D eigenvalue weighted by Gasteiger charge is 2.34. The first-order chi connectivity index (χ1) is 19.1. The van der Waals surface area contributed by atoms with Gasteiger partial charge in [0.15, 0.2) is 0 Å². The van der Waals surface area contributed by atoms with E-state index >= 15 is 0 Å². The molecule has 0 heterocycles. The molecule has 0 radical (unpaired) electrons. The second-order valence-corrected chi connectivity index (χ2v) is 10.6. The second-order valence-electron chi connectivity index (χ2n) is 10.6. The van der Waals surface area contributed by atoms with E-state index in [9.17, 15) is 23.9 Å². The number of nitrogens with two attached hydrogens (primary N) is 1. The van der Waals surface area contributed by atoms with Gasteiger partial charge in [-0.25, -0.2) is 4.39 Å². The number of halogens is 1. The number of amides is 3. The summed E-state index contributed by atoms with van der Waals surface area (Å²) >= 11 is 0. The normalized spacial score (nSPS) is 15.8. The number of ether oxygens (including phenoxy) is 1. The maximum atomic E-state index is 13.4. The van der Waals surface area contributed by atoms with Crippen molar-refractivity contribution >= 4 is 17.7 Å². The Kier molecular flexibility index (Phi) is 11.5. The van der Waals surface area contributed by atoms with Crippen LogP contribution in [0.2, 0.25) is 0 Å². The van der Waals surface area contributed by atoms with Gasteiger partial charge in [-0.3, -0.25) is 14.4 Å². The van der Waals surface area contributed by atoms with Gasteiger partial charge in [0.05, 0.1) is 12.6 Å². The number of hydrogen-bond donors (Lipinski definition) is 4. The van der Waals surface area contributed by atoms with Crippen LogP contribution in [0, 0.1) is 17.7 Å². The number of likely N-dealkylation sites (N-methyl/N-ethyl adjacent to an activating group) is 1. The van der Waals surface area contributed by atoms with Crippen LogP contribution < -0.4 is 21.1 Å². The highest BCUT2D eigenvalue weighted by atomic mass is 19.1. The number of nitrogens with one attached hydrogen (secondary N) is 2. The van der Waals surface area contributed by atoms with Gasteiger partial charge in [-0.1, -0.05) is 37.3 Å². The molecule has 1 aliphatic rings. The molecule has 4 atom stereocenters. The van der Waals surface area contributed by atoms with Crippen molar-refractivity contribution in [2.75, 3.05) is 26.7 Å². The number of aliphatic hydroxyl groups is 1. The summed E-state index contributed by atoms with van der Waals surface area (Å²) in [7, 11) is 1.57. The van der Waals surface area contributed by atoms with Gasteiger partial charge in [-0.2, -0.15) is 0 Å². The van der Waals surface area contributed by atoms with Gasteiger partial charge in [-0.05, 0) is 55.0 Å². The molecule has 5 N–H and O–H groups in total. The van der Waals surface area contributed by atoms with Crippen molar-refractivity contribution in [2.45, 2.75) is 57.8 Å². The molecular formula is C30H41FN4O5. The van der Waals surface area contributed by atoms with E-state index in [2.05, 4.69) is 10.6 Å². The fraction of sp³-hybridized carbons (Fsp3) is 0.500. The SMILES string of the molecule is CC(CN)Oc1ccccc1CC(O)CNC(=O)C(Cc1ccc(F)cc1)NC(=O)CN(C)C(=O)C(C)C1CC1. The van der Waals surface area contributed by atoms with Gasteiger partial charge in [0, 0.05) is 38.9 Å². The molecule has 1 fully saturated rings. The summed E-state index contributed by atoms with van der Waals surface area (Å²) in [5.74, 6) is -0.671. The maximum absolute atomic E-state index is 13.4. The Bertz CT molecular complexity index is 1140. The highest BCUT2D eigenvalue weighted by molar-refractivity contribution is 5.90. The van der Waals surface area contributed by atoms with Crippen LogP contribution in [0.3, 0.4) is 0 Å². The third kappa shape index (κ3) is 9.60. The summed E-state index contributed by atoms with van der Waals surface area (Å²) in [5, 5.41) is 16.1. The van der Waals surface area contributed by atoms with Crippen molar-refractivity contribution < 1.29 is 28.6 Å². The van der Waals surface area contributed by atoms with E-state index in [-0.39, 0.29) is 43.9 Å². The van der Waals surface area contributed by atoms with Crippen LogP contribution in [0.1, 0.15) is 37.8 Å². The van der Waals surface area contributed by atoms with Crippen molar-refractivity contribution in [3.63, 3.8) is 0 Å². The maximum Gasteiger partial charge on any atom is 0.243 e. The van der Waals surface area contributed by atoms with Crippen molar-refractivity contribution in [3.8, 4) is 5.75 Å². The minimum atomic E-state index is -0.990. The molecule has 0 saturated heterocycles. The van der Waals surface area contributed by atoms with Gasteiger partial charge in [0.1, 0.15) is 23.7 Å². The molecule has 0 aliphatic heterocycles. The average molecular weight is 557 g/mol. The number of benzene rings is 2. The summed E-state index contributed by atoms with van der Waals surface area (Å²) in [4.78, 5) is 40.0. The average Bonchev–Trinajstić information content (AvgIpc) is 3.78. The molecule has 0 spiro atoms. The van der Waals surface area contributed by atoms with Gasteiger partial charge in [0.25, 0.3) is 0 Å². The first kappa shape index (κ1) is 31.0. The van der Waals surface area contributed by atoms with E-state index in [1.54, 1.807) is 25.2 Å². The molecule has 10 heteroatoms. The number of para-hydroxylation sites is 1. The number of hydrogen-bond acceptors (Lipinski definition) is 6. The first-order valence-electron chi connectivity index (χ1n) is 13.8. The summed E-state index contributed by atoms with van der Waals surface area (Å²) in [6.45, 7) is 3.81. The fourth-order valence-corrected chi connectivity index (χ4v) is 4.46. The summed E-state index contributed by atoms with van der Waals surface area (Å²) < 4.78 is 19.2. The lowest BCUT2D eigenvalue weighted by Crippen LogP contribution is -2.52. The van der Waals surface area contributed by atoms with E-state index < -0.39 is 29.8 Å². The van der Waals surface area contributed by atoms with Gasteiger partial charge in [-0.15, -0.1) is 0 Å². The first-order valence-corrected chi connectivity index (χ1v) is 13.8. The number of aliphatic hydroxyl groups excluding tert-OH is 1. The largest absolute Gasteiger partial charge is 0.489 e. The second kappa shape index (κ2) is 14.8. The molecular weight excluding hydrogens is 515 g/mol. The zero-order valence-corrected chi connectivity index (χ0v) is 23.4. The Morgan fingerprint density at radius 2 is 1.77 bits per heavy atom. The topological polar surface area (TPSA) is 134 Å². The zero-order valence-electron chi connectivity index (χ0n) is 23.4. The number of nitrogens with zero attached hydrogens (tertiary/aromatic N) is 1. The third-order valence-electron chi connectivity index (χ3n) is 7.08. The minimum absolute atomic E-state index is 0.0628. The summed E-state index contributed by atoms with van der Waals surface area (Å²) in [6.07, 6.45) is 1.26. The van der Waals surface area contributed by atoms with Crippen LogP contribution in [-0.2, 0) is 27.2 Å². The molecule has 2 aromatic rings. The minimum Gasteiger partial charge on any atom is -0.489 e. The summed E-state index contributed by atoms with van der Waals surface area (Å²) in [6, 6.07) is 12.0. The monoisotopic (exact) mass is 556 g/mol. The number of carbonyl (C=O) groups excluding carboxylic acids is 3. The smallest absolute Gasteiger partial charge is 0.243 e. The van der Waals surface area contributed by atoms with E-state index in [0.29, 0.717) is 23.8 Å². The lowest BCUT2D eigenvalue weighted by atomic mass is 10.0. The van der Waals surface area contributed by atoms with Crippen LogP contribution in [0.25, 0.3) is 0 Å². The third-order valence-corrected chi connectivity index (χ3v) is 7.08. The Morgan fingerprint density at radius 1 is 1.10 bits per heavy atom. The van der Waals surface area contributed by atoms with Gasteiger partial charge >= 0.3 is 0 Å². The van der Waals surface area contributed by atoms with Crippen LogP contribution in [-0.4, -0.2) is 72.7 Å². The van der Waals surface area contributed by atoms with Crippen molar-refractivity contribution in [3.05, 3.63) is 65.5 Å². The molecule has 40 heavy (non-hydrogen) atoms. The van der Waals surface area contributed by atoms with Gasteiger partial charge < -0.3 is 31.1 Å². The standard InChI is InChI=1S/C30H41FN4O5/c1-19(16-32)40-27-7-5-4-6-23(27)15-25(36)17-33-29(38)26(14-21-8-12-24(31)13-9-21)34-28(37)18-35(3)30(39)20(2)22-10-11-22/h4-9,12-13,19-20,22,25-26,36H,10-11,14-18,32H2,1-3H3,(H,33,38)(H,34,37). The molecule has 1 aliphatic carbocycles. The van der Waals surface area contributed by atoms with E-state index in [1.807, 2.05) is 32.0 Å². The Labute approximate surface area is 235 Å². The molecule has 3 amide bonds. The predicted molar refractivity (Wildman–Crippen MR) is 150 cm³/mol. The van der Waals surface area contributed by atoms with Crippen molar-refractivity contribution in [1.29, 1.82) is 0 Å². The molecule has 218 valence electrons. The van der Waals surface area contributed by atoms with Crippen LogP contribution >= 0.6 is 0 Å². The Balaban J connectivity index is 1.61. The lowest BCUT2D eigenvalue weighted by Gasteiger charge is -2.24. The molecule has 3 rings (SSSR count). The summed E-state index contributed by atoms with van der Waals surface area (Å²) in [5.41, 5.74) is 7.08. The van der Waals surface area contributed by atoms with E-state index in [1.165, 1.54) is 17.0 Å². The van der Waals surface area contributed by atoms with Crippen molar-refractivity contribution in [1.82, 2.24) is 15.5 Å². The molecule has 0 bridgehead atoms. The highest BCUT2D eigenvalue weighted by Crippen LogP contribution is 2.37. The fourth-order valence-electron chi connectivity index (χ4n) is 4.46. The van der Waals surface area contributed by atoms with Crippen LogP contribution in [0.4, 0.5) is 4.39 Å². The number of rotatable bonds is 15. The van der Waals surface area contributed by atoms with E-state index in [0.717, 1.165) is 18.4 Å². The molecule has 9 nitrogen and oxygen atoms in total. The molecule has 2 aromatic carbocycles. The van der Waals surface area contributed by atoms with Crippen LogP contribution in [0.5, 0.6) is 5.75 Å². The van der Waals surface area contributed by atoms with Gasteiger partial charge in [0.2, 0.25) is 17.7 Å². The lowest BCUT2D eigenvalue weighted by molar-refractivity contribution is -0.138. The molecule has 1 saturated carbocycles. The predicted octanol–water partition coefficient (Wildman–Crippen LogP) is 1.80. The van der Waals surface area contributed by atoms with Crippen LogP contribution in [0.15, 0.2) is 48.5 Å². The van der Waals surface area contributed by atoms with E-state index in [4.69, 9.17) is 10.5 Å². The quantitative estimate of drug-likeness (QED) is 0.264. The molecule has 0 aromatic heterocycles. The van der Waals surface area contributed by atoms with Crippen molar-refractivity contribution in [2.24, 2.45) is 17.6 Å².